The molecule has 1 fully saturated rings. The van der Waals surface area contributed by atoms with E-state index in [0.717, 1.165) is 5.75 Å². The minimum atomic E-state index is 0.535. The van der Waals surface area contributed by atoms with Gasteiger partial charge in [-0.2, -0.15) is 0 Å². The summed E-state index contributed by atoms with van der Waals surface area (Å²) < 4.78 is 1.93. The highest BCUT2D eigenvalue weighted by molar-refractivity contribution is 7.65. The van der Waals surface area contributed by atoms with Crippen molar-refractivity contribution >= 4 is 26.6 Å². The summed E-state index contributed by atoms with van der Waals surface area (Å²) in [6, 6.07) is 6.13. The molecule has 2 atom stereocenters. The quantitative estimate of drug-likeness (QED) is 0.802. The van der Waals surface area contributed by atoms with Crippen LogP contribution in [0.25, 0.3) is 0 Å². The SMILES string of the molecule is Cc1cccc(ON2PNPNP2)c1C. The first-order valence-electron chi connectivity index (χ1n) is 4.58. The van der Waals surface area contributed by atoms with Crippen molar-refractivity contribution in [1.29, 1.82) is 0 Å². The number of hydrogen-bond donors (Lipinski definition) is 2. The van der Waals surface area contributed by atoms with E-state index in [0.29, 0.717) is 26.6 Å². The summed E-state index contributed by atoms with van der Waals surface area (Å²) in [5.41, 5.74) is 2.47. The second kappa shape index (κ2) is 5.50. The average Bonchev–Trinajstić information content (AvgIpc) is 2.26. The van der Waals surface area contributed by atoms with Gasteiger partial charge in [0.15, 0.2) is 5.75 Å². The van der Waals surface area contributed by atoms with E-state index in [2.05, 4.69) is 29.6 Å². The highest BCUT2D eigenvalue weighted by atomic mass is 31.2. The third kappa shape index (κ3) is 3.07. The first-order chi connectivity index (χ1) is 7.27. The van der Waals surface area contributed by atoms with Crippen LogP contribution in [0.3, 0.4) is 0 Å². The van der Waals surface area contributed by atoms with Gasteiger partial charge >= 0.3 is 0 Å². The Morgan fingerprint density at radius 1 is 1.20 bits per heavy atom. The molecule has 1 aromatic rings. The average molecular weight is 261 g/mol. The summed E-state index contributed by atoms with van der Waals surface area (Å²) in [5.74, 6) is 0.948. The molecule has 1 heterocycles. The fraction of sp³-hybridized carbons (Fsp3) is 0.250. The summed E-state index contributed by atoms with van der Waals surface area (Å²) >= 11 is 0. The fourth-order valence-electron chi connectivity index (χ4n) is 1.18. The number of rotatable bonds is 2. The number of aryl methyl sites for hydroxylation is 1. The Morgan fingerprint density at radius 3 is 2.67 bits per heavy atom. The molecule has 0 spiro atoms. The minimum Gasteiger partial charge on any atom is -0.396 e. The van der Waals surface area contributed by atoms with E-state index in [1.807, 2.05) is 16.7 Å². The van der Waals surface area contributed by atoms with Crippen molar-refractivity contribution in [3.63, 3.8) is 0 Å². The molecule has 4 nitrogen and oxygen atoms in total. The Kier molecular flexibility index (Phi) is 4.28. The lowest BCUT2D eigenvalue weighted by atomic mass is 10.1. The van der Waals surface area contributed by atoms with Gasteiger partial charge in [-0.05, 0) is 31.0 Å². The Labute approximate surface area is 95.2 Å². The van der Waals surface area contributed by atoms with E-state index in [-0.39, 0.29) is 0 Å². The number of benzene rings is 1. The second-order valence-corrected chi connectivity index (χ2v) is 7.14. The molecule has 82 valence electrons. The van der Waals surface area contributed by atoms with Crippen molar-refractivity contribution in [2.24, 2.45) is 0 Å². The molecule has 0 amide bonds. The molecular formula is C8H14N3OP3. The summed E-state index contributed by atoms with van der Waals surface area (Å²) in [7, 11) is 1.72. The molecule has 0 saturated carbocycles. The van der Waals surface area contributed by atoms with Crippen LogP contribution in [-0.4, -0.2) is 4.60 Å². The summed E-state index contributed by atoms with van der Waals surface area (Å²) in [6.07, 6.45) is 0. The lowest BCUT2D eigenvalue weighted by Crippen LogP contribution is -2.19. The largest absolute Gasteiger partial charge is 0.396 e. The highest BCUT2D eigenvalue weighted by Crippen LogP contribution is 2.38. The predicted molar refractivity (Wildman–Crippen MR) is 69.6 cm³/mol. The smallest absolute Gasteiger partial charge is 0.151 e. The molecule has 1 saturated heterocycles. The zero-order chi connectivity index (χ0) is 10.7. The lowest BCUT2D eigenvalue weighted by molar-refractivity contribution is 0.145. The molecule has 1 aromatic carbocycles. The maximum atomic E-state index is 5.80. The van der Waals surface area contributed by atoms with Gasteiger partial charge in [-0.1, -0.05) is 16.7 Å². The summed E-state index contributed by atoms with van der Waals surface area (Å²) in [5, 5.41) is 0. The predicted octanol–water partition coefficient (Wildman–Crippen LogP) is 2.62. The first kappa shape index (κ1) is 11.7. The highest BCUT2D eigenvalue weighted by Gasteiger charge is 2.12. The van der Waals surface area contributed by atoms with Gasteiger partial charge < -0.3 is 4.84 Å². The maximum absolute atomic E-state index is 5.80. The van der Waals surface area contributed by atoms with Gasteiger partial charge in [-0.3, -0.25) is 9.72 Å². The molecule has 0 aromatic heterocycles. The van der Waals surface area contributed by atoms with Crippen LogP contribution in [0.4, 0.5) is 0 Å². The van der Waals surface area contributed by atoms with Crippen molar-refractivity contribution in [2.45, 2.75) is 13.8 Å². The van der Waals surface area contributed by atoms with E-state index in [1.54, 1.807) is 0 Å². The summed E-state index contributed by atoms with van der Waals surface area (Å²) in [4.78, 5) is 12.3. The van der Waals surface area contributed by atoms with Gasteiger partial charge in [0.2, 0.25) is 0 Å². The normalized spacial score (nSPS) is 22.5. The third-order valence-electron chi connectivity index (χ3n) is 2.18. The van der Waals surface area contributed by atoms with Crippen LogP contribution in [0.2, 0.25) is 0 Å². The minimum absolute atomic E-state index is 0.535. The third-order valence-corrected chi connectivity index (χ3v) is 5.34. The van der Waals surface area contributed by atoms with Crippen LogP contribution in [0.15, 0.2) is 18.2 Å². The van der Waals surface area contributed by atoms with Crippen molar-refractivity contribution < 1.29 is 4.84 Å². The Balaban J connectivity index is 2.06. The molecule has 1 aliphatic rings. The molecule has 0 radical (unpaired) electrons. The topological polar surface area (TPSA) is 36.5 Å². The molecule has 0 bridgehead atoms. The van der Waals surface area contributed by atoms with Crippen LogP contribution in [0.5, 0.6) is 5.75 Å². The van der Waals surface area contributed by atoms with Crippen molar-refractivity contribution in [2.75, 3.05) is 0 Å². The van der Waals surface area contributed by atoms with Crippen LogP contribution in [0.1, 0.15) is 11.1 Å². The van der Waals surface area contributed by atoms with Crippen LogP contribution < -0.4 is 14.6 Å². The second-order valence-electron chi connectivity index (χ2n) is 3.18. The zero-order valence-electron chi connectivity index (χ0n) is 8.59. The van der Waals surface area contributed by atoms with Crippen molar-refractivity contribution in [3.8, 4) is 5.75 Å². The van der Waals surface area contributed by atoms with E-state index in [9.17, 15) is 0 Å². The standard InChI is InChI=1S/C8H14N3OP3/c1-6-4-3-5-8(7(6)2)12-11-14-9-13-10-15-11/h3-5,9-10,13-15H,1-2H3. The van der Waals surface area contributed by atoms with Gasteiger partial charge in [0.1, 0.15) is 0 Å². The Bertz CT molecular complexity index is 344. The first-order valence-corrected chi connectivity index (χ1v) is 7.47. The van der Waals surface area contributed by atoms with Gasteiger partial charge in [-0.25, -0.2) is 0 Å². The molecule has 2 rings (SSSR count). The van der Waals surface area contributed by atoms with Gasteiger partial charge in [-0.15, -0.1) is 0 Å². The van der Waals surface area contributed by atoms with Crippen molar-refractivity contribution in [3.05, 3.63) is 29.3 Å². The number of nitrogens with one attached hydrogen (secondary N) is 2. The van der Waals surface area contributed by atoms with Gasteiger partial charge in [0, 0.05) is 8.88 Å². The van der Waals surface area contributed by atoms with E-state index >= 15 is 0 Å². The van der Waals surface area contributed by atoms with Crippen LogP contribution >= 0.6 is 26.6 Å². The monoisotopic (exact) mass is 261 g/mol. The molecule has 2 unspecified atom stereocenters. The molecule has 7 heteroatoms. The van der Waals surface area contributed by atoms with E-state index in [1.165, 1.54) is 11.1 Å². The van der Waals surface area contributed by atoms with Gasteiger partial charge in [0.05, 0.1) is 17.8 Å². The number of hydrogen-bond acceptors (Lipinski definition) is 4. The number of nitrogens with zero attached hydrogens (tertiary/aromatic N) is 1. The van der Waals surface area contributed by atoms with Gasteiger partial charge in [0.25, 0.3) is 0 Å². The summed E-state index contributed by atoms with van der Waals surface area (Å²) in [6.45, 7) is 4.18. The fourth-order valence-corrected chi connectivity index (χ4v) is 4.77. The molecular weight excluding hydrogens is 247 g/mol. The molecule has 15 heavy (non-hydrogen) atoms. The van der Waals surface area contributed by atoms with E-state index in [4.69, 9.17) is 4.84 Å². The molecule has 0 aliphatic carbocycles. The zero-order valence-corrected chi connectivity index (χ0v) is 11.6. The maximum Gasteiger partial charge on any atom is 0.151 e. The Hall–Kier alpha value is 0.190. The van der Waals surface area contributed by atoms with Crippen LogP contribution in [-0.2, 0) is 0 Å². The molecule has 1 aliphatic heterocycles. The Morgan fingerprint density at radius 2 is 1.93 bits per heavy atom. The van der Waals surface area contributed by atoms with E-state index < -0.39 is 0 Å². The lowest BCUT2D eigenvalue weighted by Gasteiger charge is -2.27. The molecule has 2 N–H and O–H groups in total. The van der Waals surface area contributed by atoms with Crippen LogP contribution in [0, 0.1) is 13.8 Å². The van der Waals surface area contributed by atoms with Crippen molar-refractivity contribution in [1.82, 2.24) is 14.3 Å².